The van der Waals surface area contributed by atoms with Gasteiger partial charge in [0.1, 0.15) is 5.82 Å². The largest absolute Gasteiger partial charge is 0.310 e. The summed E-state index contributed by atoms with van der Waals surface area (Å²) in [6, 6.07) is 8.94. The number of para-hydroxylation sites is 1. The maximum absolute atomic E-state index is 12.0. The molecule has 0 atom stereocenters. The van der Waals surface area contributed by atoms with Crippen molar-refractivity contribution >= 4 is 22.8 Å². The van der Waals surface area contributed by atoms with Crippen molar-refractivity contribution in [1.82, 2.24) is 19.9 Å². The molecule has 2 aromatic heterocycles. The Morgan fingerprint density at radius 1 is 1.12 bits per heavy atom. The van der Waals surface area contributed by atoms with Crippen molar-refractivity contribution in [1.29, 1.82) is 0 Å². The molecule has 0 aliphatic rings. The van der Waals surface area contributed by atoms with Crippen LogP contribution in [0.3, 0.4) is 0 Å². The molecule has 0 bridgehead atoms. The van der Waals surface area contributed by atoms with Crippen LogP contribution in [0, 0.1) is 13.8 Å². The second-order valence-electron chi connectivity index (χ2n) is 5.55. The van der Waals surface area contributed by atoms with E-state index in [4.69, 9.17) is 0 Å². The first kappa shape index (κ1) is 15.8. The summed E-state index contributed by atoms with van der Waals surface area (Å²) in [5.41, 5.74) is 2.00. The number of carbonyl (C=O) groups excluding carboxylic acids is 1. The number of aryl methyl sites for hydroxylation is 3. The van der Waals surface area contributed by atoms with Crippen molar-refractivity contribution in [3.05, 3.63) is 57.9 Å². The number of hydrogen-bond acceptors (Lipinski definition) is 5. The molecule has 0 aliphatic heterocycles. The lowest BCUT2D eigenvalue weighted by atomic mass is 10.2. The molecule has 1 amide bonds. The smallest absolute Gasteiger partial charge is 0.258 e. The number of rotatable bonds is 4. The van der Waals surface area contributed by atoms with Crippen molar-refractivity contribution in [3.63, 3.8) is 0 Å². The summed E-state index contributed by atoms with van der Waals surface area (Å²) < 4.78 is 0. The van der Waals surface area contributed by atoms with Crippen LogP contribution in [0.2, 0.25) is 0 Å². The van der Waals surface area contributed by atoms with E-state index in [1.165, 1.54) is 0 Å². The van der Waals surface area contributed by atoms with Crippen molar-refractivity contribution in [2.75, 3.05) is 5.32 Å². The van der Waals surface area contributed by atoms with Gasteiger partial charge in [-0.15, -0.1) is 0 Å². The Morgan fingerprint density at radius 3 is 2.58 bits per heavy atom. The van der Waals surface area contributed by atoms with Gasteiger partial charge in [-0.05, 0) is 32.0 Å². The molecule has 0 saturated heterocycles. The van der Waals surface area contributed by atoms with E-state index < -0.39 is 0 Å². The van der Waals surface area contributed by atoms with Crippen LogP contribution in [0.4, 0.5) is 5.95 Å². The number of anilines is 1. The van der Waals surface area contributed by atoms with Crippen molar-refractivity contribution in [2.45, 2.75) is 26.7 Å². The number of aromatic nitrogens is 4. The average molecular weight is 323 g/mol. The van der Waals surface area contributed by atoms with Crippen LogP contribution in [0.1, 0.15) is 23.6 Å². The Bertz CT molecular complexity index is 944. The van der Waals surface area contributed by atoms with Gasteiger partial charge < -0.3 is 4.98 Å². The highest BCUT2D eigenvalue weighted by Gasteiger charge is 2.09. The van der Waals surface area contributed by atoms with Gasteiger partial charge in [-0.2, -0.15) is 0 Å². The van der Waals surface area contributed by atoms with Gasteiger partial charge in [0.05, 0.1) is 10.9 Å². The fourth-order valence-corrected chi connectivity index (χ4v) is 2.45. The standard InChI is InChI=1S/C17H17N5O2/c1-10-9-11(2)19-17(18-10)22-15(23)8-7-14-20-13-6-4-3-5-12(13)16(24)21-14/h3-6,9H,7-8H2,1-2H3,(H,20,21,24)(H,18,19,22,23). The summed E-state index contributed by atoms with van der Waals surface area (Å²) in [4.78, 5) is 39.5. The van der Waals surface area contributed by atoms with Gasteiger partial charge in [0.25, 0.3) is 5.56 Å². The Kier molecular flexibility index (Phi) is 4.33. The highest BCUT2D eigenvalue weighted by Crippen LogP contribution is 2.08. The second kappa shape index (κ2) is 6.57. The Labute approximate surface area is 138 Å². The summed E-state index contributed by atoms with van der Waals surface area (Å²) in [6.45, 7) is 3.68. The van der Waals surface area contributed by atoms with Crippen LogP contribution >= 0.6 is 0 Å². The first-order valence-corrected chi connectivity index (χ1v) is 7.61. The zero-order chi connectivity index (χ0) is 17.1. The number of benzene rings is 1. The molecule has 24 heavy (non-hydrogen) atoms. The molecule has 7 nitrogen and oxygen atoms in total. The first-order valence-electron chi connectivity index (χ1n) is 7.61. The van der Waals surface area contributed by atoms with Crippen LogP contribution in [0.5, 0.6) is 0 Å². The third-order valence-electron chi connectivity index (χ3n) is 3.48. The van der Waals surface area contributed by atoms with Crippen LogP contribution in [0.25, 0.3) is 10.9 Å². The predicted molar refractivity (Wildman–Crippen MR) is 90.8 cm³/mol. The Balaban J connectivity index is 1.69. The molecule has 2 N–H and O–H groups in total. The minimum Gasteiger partial charge on any atom is -0.310 e. The molecular formula is C17H17N5O2. The number of fused-ring (bicyclic) bond motifs is 1. The first-order chi connectivity index (χ1) is 11.5. The maximum Gasteiger partial charge on any atom is 0.258 e. The fourth-order valence-electron chi connectivity index (χ4n) is 2.45. The Morgan fingerprint density at radius 2 is 1.83 bits per heavy atom. The molecule has 0 spiro atoms. The molecule has 0 unspecified atom stereocenters. The average Bonchev–Trinajstić information content (AvgIpc) is 2.52. The van der Waals surface area contributed by atoms with Gasteiger partial charge in [-0.3, -0.25) is 14.9 Å². The molecular weight excluding hydrogens is 306 g/mol. The van der Waals surface area contributed by atoms with E-state index in [1.54, 1.807) is 18.2 Å². The fraction of sp³-hybridized carbons (Fsp3) is 0.235. The number of amides is 1. The molecule has 0 fully saturated rings. The molecule has 3 rings (SSSR count). The number of nitrogens with one attached hydrogen (secondary N) is 2. The normalized spacial score (nSPS) is 10.8. The zero-order valence-electron chi connectivity index (χ0n) is 13.5. The van der Waals surface area contributed by atoms with Gasteiger partial charge in [0.15, 0.2) is 0 Å². The maximum atomic E-state index is 12.0. The van der Waals surface area contributed by atoms with Gasteiger partial charge in [0.2, 0.25) is 11.9 Å². The molecule has 3 aromatic rings. The third kappa shape index (κ3) is 3.62. The van der Waals surface area contributed by atoms with Crippen LogP contribution in [0.15, 0.2) is 35.1 Å². The van der Waals surface area contributed by atoms with E-state index in [0.717, 1.165) is 11.4 Å². The Hall–Kier alpha value is -3.09. The minimum absolute atomic E-state index is 0.178. The molecule has 2 heterocycles. The van der Waals surface area contributed by atoms with E-state index in [0.29, 0.717) is 23.1 Å². The van der Waals surface area contributed by atoms with E-state index >= 15 is 0 Å². The van der Waals surface area contributed by atoms with Crippen molar-refractivity contribution < 1.29 is 4.79 Å². The van der Waals surface area contributed by atoms with E-state index in [-0.39, 0.29) is 23.8 Å². The van der Waals surface area contributed by atoms with Crippen molar-refractivity contribution in [3.8, 4) is 0 Å². The highest BCUT2D eigenvalue weighted by atomic mass is 16.1. The monoisotopic (exact) mass is 323 g/mol. The summed E-state index contributed by atoms with van der Waals surface area (Å²) in [7, 11) is 0. The SMILES string of the molecule is Cc1cc(C)nc(NC(=O)CCc2nc3ccccc3c(=O)[nH]2)n1. The van der Waals surface area contributed by atoms with Crippen LogP contribution in [-0.2, 0) is 11.2 Å². The topological polar surface area (TPSA) is 101 Å². The van der Waals surface area contributed by atoms with Crippen LogP contribution in [-0.4, -0.2) is 25.8 Å². The predicted octanol–water partition coefficient (Wildman–Crippen LogP) is 1.90. The number of carbonyl (C=O) groups is 1. The van der Waals surface area contributed by atoms with Gasteiger partial charge in [-0.25, -0.2) is 15.0 Å². The number of hydrogen-bond donors (Lipinski definition) is 2. The lowest BCUT2D eigenvalue weighted by Crippen LogP contribution is -2.17. The molecule has 0 saturated carbocycles. The quantitative estimate of drug-likeness (QED) is 0.763. The number of nitrogens with zero attached hydrogens (tertiary/aromatic N) is 3. The summed E-state index contributed by atoms with van der Waals surface area (Å²) in [5.74, 6) is 0.545. The lowest BCUT2D eigenvalue weighted by molar-refractivity contribution is -0.116. The summed E-state index contributed by atoms with van der Waals surface area (Å²) in [5, 5.41) is 3.20. The third-order valence-corrected chi connectivity index (χ3v) is 3.48. The second-order valence-corrected chi connectivity index (χ2v) is 5.55. The number of H-pyrrole nitrogens is 1. The molecule has 0 aliphatic carbocycles. The molecule has 0 radical (unpaired) electrons. The summed E-state index contributed by atoms with van der Waals surface area (Å²) in [6.07, 6.45) is 0.508. The van der Waals surface area contributed by atoms with E-state index in [9.17, 15) is 9.59 Å². The lowest BCUT2D eigenvalue weighted by Gasteiger charge is -2.06. The van der Waals surface area contributed by atoms with E-state index in [1.807, 2.05) is 26.0 Å². The molecule has 7 heteroatoms. The van der Waals surface area contributed by atoms with Crippen molar-refractivity contribution in [2.24, 2.45) is 0 Å². The number of aromatic amines is 1. The van der Waals surface area contributed by atoms with Gasteiger partial charge in [0, 0.05) is 24.2 Å². The molecule has 122 valence electrons. The van der Waals surface area contributed by atoms with Gasteiger partial charge >= 0.3 is 0 Å². The van der Waals surface area contributed by atoms with Gasteiger partial charge in [-0.1, -0.05) is 12.1 Å². The van der Waals surface area contributed by atoms with E-state index in [2.05, 4.69) is 25.3 Å². The minimum atomic E-state index is -0.226. The summed E-state index contributed by atoms with van der Waals surface area (Å²) >= 11 is 0. The highest BCUT2D eigenvalue weighted by molar-refractivity contribution is 5.89. The zero-order valence-corrected chi connectivity index (χ0v) is 13.5. The van der Waals surface area contributed by atoms with Crippen LogP contribution < -0.4 is 10.9 Å². The molecule has 1 aromatic carbocycles.